The molecule has 0 unspecified atom stereocenters. The molecule has 1 aliphatic heterocycles. The highest BCUT2D eigenvalue weighted by Gasteiger charge is 2.25. The lowest BCUT2D eigenvalue weighted by atomic mass is 10.1. The molecule has 2 rings (SSSR count). The zero-order valence-corrected chi connectivity index (χ0v) is 13.2. The van der Waals surface area contributed by atoms with Gasteiger partial charge in [-0.05, 0) is 23.8 Å². The molecule has 0 amide bonds. The minimum Gasteiger partial charge on any atom is -0.411 e. The number of hydrogen-bond donors (Lipinski definition) is 1. The van der Waals surface area contributed by atoms with Crippen molar-refractivity contribution in [1.82, 2.24) is 0 Å². The fourth-order valence-electron chi connectivity index (χ4n) is 2.46. The average molecular weight is 320 g/mol. The Hall–Kier alpha value is -2.25. The number of morpholine rings is 1. The van der Waals surface area contributed by atoms with Crippen LogP contribution in [0.5, 0.6) is 0 Å². The lowest BCUT2D eigenvalue weighted by Crippen LogP contribution is -2.52. The van der Waals surface area contributed by atoms with Crippen LogP contribution < -0.4 is 0 Å². The molecule has 1 fully saturated rings. The van der Waals surface area contributed by atoms with Crippen molar-refractivity contribution in [1.29, 1.82) is 0 Å². The van der Waals surface area contributed by atoms with Crippen LogP contribution in [0.2, 0.25) is 0 Å². The summed E-state index contributed by atoms with van der Waals surface area (Å²) in [7, 11) is 2.18. The highest BCUT2D eigenvalue weighted by atomic mass is 16.6. The summed E-state index contributed by atoms with van der Waals surface area (Å²) in [5, 5.41) is 23.1. The van der Waals surface area contributed by atoms with Crippen LogP contribution in [-0.2, 0) is 4.74 Å². The Morgan fingerprint density at radius 1 is 1.39 bits per heavy atom. The zero-order valence-electron chi connectivity index (χ0n) is 13.2. The first-order chi connectivity index (χ1) is 11.0. The van der Waals surface area contributed by atoms with Gasteiger partial charge in [-0.3, -0.25) is 10.1 Å². The average Bonchev–Trinajstić information content (AvgIpc) is 2.56. The highest BCUT2D eigenvalue weighted by Crippen LogP contribution is 2.14. The number of nitro benzene ring substituents is 1. The van der Waals surface area contributed by atoms with Gasteiger partial charge < -0.3 is 14.4 Å². The first-order valence-corrected chi connectivity index (χ1v) is 7.57. The van der Waals surface area contributed by atoms with Crippen LogP contribution in [0.3, 0.4) is 0 Å². The van der Waals surface area contributed by atoms with E-state index >= 15 is 0 Å². The van der Waals surface area contributed by atoms with E-state index in [1.165, 1.54) is 12.1 Å². The standard InChI is InChI=1S/C16H21N3O4/c1-19(10-12-23-13-11-19)9-8-15(17-20)5-2-14-3-6-16(7-4-14)18(21)22/h2-7H,8-13H2,1H3/p+1/b5-2+,17-15+. The summed E-state index contributed by atoms with van der Waals surface area (Å²) in [5.74, 6) is 0. The molecule has 1 saturated heterocycles. The molecule has 7 nitrogen and oxygen atoms in total. The third-order valence-electron chi connectivity index (χ3n) is 4.16. The SMILES string of the molecule is C[N+]1(CCC(/C=C/c2ccc([N+](=O)[O-])cc2)=N/O)CCOCC1. The molecule has 1 heterocycles. The summed E-state index contributed by atoms with van der Waals surface area (Å²) < 4.78 is 6.28. The lowest BCUT2D eigenvalue weighted by Gasteiger charge is -2.37. The number of rotatable bonds is 6. The van der Waals surface area contributed by atoms with Gasteiger partial charge in [0.15, 0.2) is 0 Å². The smallest absolute Gasteiger partial charge is 0.269 e. The third kappa shape index (κ3) is 5.15. The van der Waals surface area contributed by atoms with E-state index in [4.69, 9.17) is 9.94 Å². The molecule has 1 aromatic rings. The van der Waals surface area contributed by atoms with Crippen LogP contribution in [-0.4, -0.2) is 60.2 Å². The van der Waals surface area contributed by atoms with E-state index in [9.17, 15) is 10.1 Å². The molecule has 0 aromatic heterocycles. The van der Waals surface area contributed by atoms with Crippen molar-refractivity contribution in [3.63, 3.8) is 0 Å². The quantitative estimate of drug-likeness (QED) is 0.286. The third-order valence-corrected chi connectivity index (χ3v) is 4.16. The van der Waals surface area contributed by atoms with Gasteiger partial charge in [-0.1, -0.05) is 11.2 Å². The normalized spacial score (nSPS) is 18.2. The number of allylic oxidation sites excluding steroid dienone is 1. The molecule has 1 aliphatic rings. The van der Waals surface area contributed by atoms with Gasteiger partial charge in [0.1, 0.15) is 13.1 Å². The zero-order chi connectivity index (χ0) is 16.7. The maximum absolute atomic E-state index is 10.6. The molecule has 1 aromatic carbocycles. The fraction of sp³-hybridized carbons (Fsp3) is 0.438. The van der Waals surface area contributed by atoms with E-state index in [1.54, 1.807) is 24.3 Å². The van der Waals surface area contributed by atoms with E-state index in [1.807, 2.05) is 0 Å². The Labute approximate surface area is 135 Å². The second-order valence-electron chi connectivity index (χ2n) is 5.93. The van der Waals surface area contributed by atoms with Gasteiger partial charge in [-0.25, -0.2) is 0 Å². The predicted octanol–water partition coefficient (Wildman–Crippen LogP) is 2.31. The molecule has 0 aliphatic carbocycles. The first kappa shape index (κ1) is 17.1. The Kier molecular flexibility index (Phi) is 5.84. The maximum atomic E-state index is 10.6. The van der Waals surface area contributed by atoms with E-state index in [-0.39, 0.29) is 5.69 Å². The molecule has 1 N–H and O–H groups in total. The molecule has 0 atom stereocenters. The molecule has 0 saturated carbocycles. The van der Waals surface area contributed by atoms with Gasteiger partial charge in [-0.15, -0.1) is 0 Å². The van der Waals surface area contributed by atoms with Crippen molar-refractivity contribution in [3.8, 4) is 0 Å². The van der Waals surface area contributed by atoms with Crippen molar-refractivity contribution in [3.05, 3.63) is 46.0 Å². The summed E-state index contributed by atoms with van der Waals surface area (Å²) in [6.45, 7) is 4.34. The molecule has 0 radical (unpaired) electrons. The summed E-state index contributed by atoms with van der Waals surface area (Å²) >= 11 is 0. The molecular weight excluding hydrogens is 298 g/mol. The van der Waals surface area contributed by atoms with E-state index in [2.05, 4.69) is 12.2 Å². The van der Waals surface area contributed by atoms with Gasteiger partial charge in [-0.2, -0.15) is 0 Å². The molecule has 0 bridgehead atoms. The summed E-state index contributed by atoms with van der Waals surface area (Å²) in [4.78, 5) is 10.2. The number of non-ortho nitro benzene ring substituents is 1. The predicted molar refractivity (Wildman–Crippen MR) is 87.6 cm³/mol. The van der Waals surface area contributed by atoms with Gasteiger partial charge in [0.05, 0.1) is 37.4 Å². The number of hydrogen-bond acceptors (Lipinski definition) is 5. The minimum atomic E-state index is -0.430. The lowest BCUT2D eigenvalue weighted by molar-refractivity contribution is -0.916. The highest BCUT2D eigenvalue weighted by molar-refractivity contribution is 5.97. The van der Waals surface area contributed by atoms with Gasteiger partial charge in [0.25, 0.3) is 5.69 Å². The van der Waals surface area contributed by atoms with Crippen molar-refractivity contribution < 1.29 is 19.4 Å². The Morgan fingerprint density at radius 3 is 2.61 bits per heavy atom. The summed E-state index contributed by atoms with van der Waals surface area (Å²) in [6, 6.07) is 6.24. The van der Waals surface area contributed by atoms with Gasteiger partial charge in [0.2, 0.25) is 0 Å². The van der Waals surface area contributed by atoms with E-state index in [0.717, 1.165) is 42.9 Å². The molecule has 23 heavy (non-hydrogen) atoms. The number of ether oxygens (including phenoxy) is 1. The van der Waals surface area contributed by atoms with Gasteiger partial charge in [0, 0.05) is 18.6 Å². The second-order valence-corrected chi connectivity index (χ2v) is 5.93. The molecule has 0 spiro atoms. The molecule has 7 heteroatoms. The molecule has 124 valence electrons. The Balaban J connectivity index is 1.92. The number of oxime groups is 1. The van der Waals surface area contributed by atoms with Gasteiger partial charge >= 0.3 is 0 Å². The number of benzene rings is 1. The largest absolute Gasteiger partial charge is 0.411 e. The first-order valence-electron chi connectivity index (χ1n) is 7.57. The Morgan fingerprint density at radius 2 is 2.04 bits per heavy atom. The van der Waals surface area contributed by atoms with Crippen LogP contribution >= 0.6 is 0 Å². The monoisotopic (exact) mass is 320 g/mol. The van der Waals surface area contributed by atoms with Crippen molar-refractivity contribution in [2.75, 3.05) is 39.9 Å². The summed E-state index contributed by atoms with van der Waals surface area (Å²) in [5.41, 5.74) is 1.47. The number of quaternary nitrogens is 1. The maximum Gasteiger partial charge on any atom is 0.269 e. The van der Waals surface area contributed by atoms with Crippen LogP contribution in [0.4, 0.5) is 5.69 Å². The number of nitro groups is 1. The minimum absolute atomic E-state index is 0.0583. The number of likely N-dealkylation sites (N-methyl/N-ethyl adjacent to an activating group) is 1. The Bertz CT molecular complexity index is 590. The van der Waals surface area contributed by atoms with Crippen LogP contribution in [0.25, 0.3) is 6.08 Å². The van der Waals surface area contributed by atoms with Crippen LogP contribution in [0.1, 0.15) is 12.0 Å². The van der Waals surface area contributed by atoms with E-state index < -0.39 is 4.92 Å². The molecular formula is C16H22N3O4+. The van der Waals surface area contributed by atoms with Crippen molar-refractivity contribution in [2.24, 2.45) is 5.16 Å². The van der Waals surface area contributed by atoms with E-state index in [0.29, 0.717) is 12.1 Å². The van der Waals surface area contributed by atoms with Crippen LogP contribution in [0, 0.1) is 10.1 Å². The second kappa shape index (κ2) is 7.85. The van der Waals surface area contributed by atoms with Crippen LogP contribution in [0.15, 0.2) is 35.5 Å². The fourth-order valence-corrected chi connectivity index (χ4v) is 2.46. The topological polar surface area (TPSA) is 85.0 Å². The number of nitrogens with zero attached hydrogens (tertiary/aromatic N) is 3. The summed E-state index contributed by atoms with van der Waals surface area (Å²) in [6.07, 6.45) is 4.20. The van der Waals surface area contributed by atoms with Crippen molar-refractivity contribution >= 4 is 17.5 Å². The van der Waals surface area contributed by atoms with Crippen molar-refractivity contribution in [2.45, 2.75) is 6.42 Å².